The highest BCUT2D eigenvalue weighted by atomic mass is 15.1. The second kappa shape index (κ2) is 5.12. The molecule has 0 spiro atoms. The van der Waals surface area contributed by atoms with Crippen molar-refractivity contribution in [1.29, 1.82) is 0 Å². The highest BCUT2D eigenvalue weighted by Gasteiger charge is 2.07. The molecule has 1 atom stereocenters. The maximum atomic E-state index is 5.58. The van der Waals surface area contributed by atoms with Gasteiger partial charge < -0.3 is 10.3 Å². The number of nitrogens with zero attached hydrogens (tertiary/aromatic N) is 3. The number of nitrogens with two attached hydrogens (primary N) is 1. The summed E-state index contributed by atoms with van der Waals surface area (Å²) in [5.41, 5.74) is 5.58. The summed E-state index contributed by atoms with van der Waals surface area (Å²) in [6.07, 6.45) is 3.80. The highest BCUT2D eigenvalue weighted by Crippen LogP contribution is 2.02. The van der Waals surface area contributed by atoms with Crippen LogP contribution in [0.15, 0.2) is 12.4 Å². The van der Waals surface area contributed by atoms with Crippen molar-refractivity contribution in [2.45, 2.75) is 13.5 Å². The Hall–Kier alpha value is -0.870. The lowest BCUT2D eigenvalue weighted by atomic mass is 10.2. The van der Waals surface area contributed by atoms with Crippen LogP contribution in [-0.2, 0) is 13.6 Å². The summed E-state index contributed by atoms with van der Waals surface area (Å²) >= 11 is 0. The lowest BCUT2D eigenvalue weighted by Crippen LogP contribution is -2.28. The Kier molecular flexibility index (Phi) is 4.10. The Morgan fingerprint density at radius 2 is 2.36 bits per heavy atom. The van der Waals surface area contributed by atoms with E-state index >= 15 is 0 Å². The fourth-order valence-corrected chi connectivity index (χ4v) is 1.46. The molecule has 1 aromatic rings. The summed E-state index contributed by atoms with van der Waals surface area (Å²) in [5, 5.41) is 0. The third-order valence-electron chi connectivity index (χ3n) is 2.36. The van der Waals surface area contributed by atoms with Crippen LogP contribution < -0.4 is 5.73 Å². The Bertz CT molecular complexity index is 269. The lowest BCUT2D eigenvalue weighted by Gasteiger charge is -2.19. The molecular formula is C10H20N4. The molecule has 80 valence electrons. The van der Waals surface area contributed by atoms with E-state index in [1.807, 2.05) is 24.0 Å². The Labute approximate surface area is 85.7 Å². The molecule has 0 aliphatic carbocycles. The molecule has 0 radical (unpaired) electrons. The van der Waals surface area contributed by atoms with E-state index in [-0.39, 0.29) is 0 Å². The first-order valence-electron chi connectivity index (χ1n) is 4.98. The summed E-state index contributed by atoms with van der Waals surface area (Å²) in [6, 6.07) is 0. The van der Waals surface area contributed by atoms with E-state index in [0.717, 1.165) is 25.5 Å². The van der Waals surface area contributed by atoms with E-state index in [1.165, 1.54) is 0 Å². The van der Waals surface area contributed by atoms with E-state index in [1.54, 1.807) is 0 Å². The first-order chi connectivity index (χ1) is 6.63. The molecule has 4 nitrogen and oxygen atoms in total. The van der Waals surface area contributed by atoms with Gasteiger partial charge in [0.15, 0.2) is 0 Å². The molecule has 0 aromatic carbocycles. The molecule has 0 fully saturated rings. The smallest absolute Gasteiger partial charge is 0.122 e. The molecular weight excluding hydrogens is 176 g/mol. The standard InChI is InChI=1S/C10H20N4/c1-9(6-11)7-13(2)8-10-12-4-5-14(10)3/h4-5,9H,6-8,11H2,1-3H3. The van der Waals surface area contributed by atoms with Gasteiger partial charge in [-0.25, -0.2) is 4.98 Å². The van der Waals surface area contributed by atoms with Gasteiger partial charge in [-0.2, -0.15) is 0 Å². The highest BCUT2D eigenvalue weighted by molar-refractivity contribution is 4.90. The van der Waals surface area contributed by atoms with Crippen molar-refractivity contribution in [1.82, 2.24) is 14.5 Å². The zero-order chi connectivity index (χ0) is 10.6. The SMILES string of the molecule is CC(CN)CN(C)Cc1nccn1C. The predicted octanol–water partition coefficient (Wildman–Crippen LogP) is 0.447. The number of aryl methyl sites for hydroxylation is 1. The molecule has 0 aliphatic heterocycles. The van der Waals surface area contributed by atoms with Gasteiger partial charge >= 0.3 is 0 Å². The van der Waals surface area contributed by atoms with Crippen LogP contribution in [0, 0.1) is 5.92 Å². The summed E-state index contributed by atoms with van der Waals surface area (Å²) in [4.78, 5) is 6.53. The molecule has 0 bridgehead atoms. The quantitative estimate of drug-likeness (QED) is 0.743. The van der Waals surface area contributed by atoms with Crippen molar-refractivity contribution < 1.29 is 0 Å². The van der Waals surface area contributed by atoms with Crippen LogP contribution in [0.25, 0.3) is 0 Å². The lowest BCUT2D eigenvalue weighted by molar-refractivity contribution is 0.273. The molecule has 4 heteroatoms. The summed E-state index contributed by atoms with van der Waals surface area (Å²) in [7, 11) is 4.11. The van der Waals surface area contributed by atoms with Crippen molar-refractivity contribution in [2.75, 3.05) is 20.1 Å². The fraction of sp³-hybridized carbons (Fsp3) is 0.700. The average molecular weight is 196 g/mol. The van der Waals surface area contributed by atoms with Crippen LogP contribution in [0.2, 0.25) is 0 Å². The summed E-state index contributed by atoms with van der Waals surface area (Å²) < 4.78 is 2.05. The molecule has 1 aromatic heterocycles. The van der Waals surface area contributed by atoms with Gasteiger partial charge in [0.1, 0.15) is 5.82 Å². The van der Waals surface area contributed by atoms with Crippen LogP contribution in [-0.4, -0.2) is 34.6 Å². The van der Waals surface area contributed by atoms with Gasteiger partial charge in [0, 0.05) is 26.0 Å². The van der Waals surface area contributed by atoms with Crippen molar-refractivity contribution in [3.8, 4) is 0 Å². The zero-order valence-electron chi connectivity index (χ0n) is 9.27. The van der Waals surface area contributed by atoms with Gasteiger partial charge in [0.25, 0.3) is 0 Å². The minimum Gasteiger partial charge on any atom is -0.337 e. The second-order valence-corrected chi connectivity index (χ2v) is 3.99. The van der Waals surface area contributed by atoms with Crippen LogP contribution >= 0.6 is 0 Å². The monoisotopic (exact) mass is 196 g/mol. The van der Waals surface area contributed by atoms with Gasteiger partial charge in [0.05, 0.1) is 6.54 Å². The summed E-state index contributed by atoms with van der Waals surface area (Å²) in [6.45, 7) is 4.80. The fourth-order valence-electron chi connectivity index (χ4n) is 1.46. The maximum absolute atomic E-state index is 5.58. The normalized spacial score (nSPS) is 13.5. The average Bonchev–Trinajstić information content (AvgIpc) is 2.51. The van der Waals surface area contributed by atoms with Crippen LogP contribution in [0.1, 0.15) is 12.7 Å². The van der Waals surface area contributed by atoms with Crippen molar-refractivity contribution in [2.24, 2.45) is 18.7 Å². The van der Waals surface area contributed by atoms with Gasteiger partial charge in [-0.1, -0.05) is 6.92 Å². The Morgan fingerprint density at radius 1 is 1.64 bits per heavy atom. The molecule has 1 rings (SSSR count). The Morgan fingerprint density at radius 3 is 2.86 bits per heavy atom. The second-order valence-electron chi connectivity index (χ2n) is 3.99. The number of aromatic nitrogens is 2. The molecule has 0 aliphatic rings. The maximum Gasteiger partial charge on any atom is 0.122 e. The largest absolute Gasteiger partial charge is 0.337 e. The third-order valence-corrected chi connectivity index (χ3v) is 2.36. The minimum absolute atomic E-state index is 0.542. The van der Waals surface area contributed by atoms with E-state index in [9.17, 15) is 0 Å². The topological polar surface area (TPSA) is 47.1 Å². The van der Waals surface area contributed by atoms with Gasteiger partial charge in [-0.15, -0.1) is 0 Å². The Balaban J connectivity index is 2.41. The first kappa shape index (κ1) is 11.2. The van der Waals surface area contributed by atoms with Crippen LogP contribution in [0.5, 0.6) is 0 Å². The van der Waals surface area contributed by atoms with Crippen molar-refractivity contribution in [3.63, 3.8) is 0 Å². The van der Waals surface area contributed by atoms with Gasteiger partial charge in [-0.3, -0.25) is 4.90 Å². The molecule has 0 saturated carbocycles. The molecule has 14 heavy (non-hydrogen) atoms. The molecule has 0 amide bonds. The molecule has 0 saturated heterocycles. The van der Waals surface area contributed by atoms with E-state index < -0.39 is 0 Å². The third kappa shape index (κ3) is 3.12. The van der Waals surface area contributed by atoms with Crippen LogP contribution in [0.3, 0.4) is 0 Å². The molecule has 1 heterocycles. The molecule has 2 N–H and O–H groups in total. The van der Waals surface area contributed by atoms with Gasteiger partial charge in [0.2, 0.25) is 0 Å². The van der Waals surface area contributed by atoms with Crippen molar-refractivity contribution in [3.05, 3.63) is 18.2 Å². The zero-order valence-corrected chi connectivity index (χ0v) is 9.27. The van der Waals surface area contributed by atoms with Crippen LogP contribution in [0.4, 0.5) is 0 Å². The number of rotatable bonds is 5. The van der Waals surface area contributed by atoms with E-state index in [4.69, 9.17) is 5.73 Å². The number of hydrogen-bond donors (Lipinski definition) is 1. The first-order valence-corrected chi connectivity index (χ1v) is 4.98. The summed E-state index contributed by atoms with van der Waals surface area (Å²) in [5.74, 6) is 1.64. The van der Waals surface area contributed by atoms with Crippen molar-refractivity contribution >= 4 is 0 Å². The number of hydrogen-bond acceptors (Lipinski definition) is 3. The molecule has 1 unspecified atom stereocenters. The van der Waals surface area contributed by atoms with E-state index in [0.29, 0.717) is 5.92 Å². The van der Waals surface area contributed by atoms with E-state index in [2.05, 4.69) is 23.9 Å². The predicted molar refractivity (Wildman–Crippen MR) is 57.8 cm³/mol. The van der Waals surface area contributed by atoms with Gasteiger partial charge in [-0.05, 0) is 19.5 Å². The minimum atomic E-state index is 0.542. The number of imidazole rings is 1.